The average molecular weight is 875 g/mol. The largest absolute Gasteiger partial charge is 1.00 e. The second-order valence-electron chi connectivity index (χ2n) is 16.8. The van der Waals surface area contributed by atoms with Crippen LogP contribution in [-0.2, 0) is 44.2 Å². The third-order valence-electron chi connectivity index (χ3n) is 11.8. The van der Waals surface area contributed by atoms with Gasteiger partial charge >= 0.3 is 35.5 Å². The molecule has 2 amide bonds. The molecule has 4 heterocycles. The molecule has 0 aliphatic carbocycles. The van der Waals surface area contributed by atoms with E-state index in [1.165, 1.54) is 12.1 Å². The van der Waals surface area contributed by atoms with Crippen LogP contribution in [0, 0.1) is 0 Å². The molecule has 0 saturated carbocycles. The van der Waals surface area contributed by atoms with Crippen LogP contribution in [0.25, 0.3) is 16.9 Å². The minimum Gasteiger partial charge on any atom is -0.744 e. The normalized spacial score (nSPS) is 18.1. The number of anilines is 1. The van der Waals surface area contributed by atoms with Crippen LogP contribution in [0.5, 0.6) is 5.75 Å². The first-order valence-corrected chi connectivity index (χ1v) is 22.1. The molecular weight excluding hydrogens is 822 g/mol. The summed E-state index contributed by atoms with van der Waals surface area (Å²) in [4.78, 5) is 43.5. The van der Waals surface area contributed by atoms with Crippen molar-refractivity contribution in [3.63, 3.8) is 0 Å². The monoisotopic (exact) mass is 874 g/mol. The summed E-state index contributed by atoms with van der Waals surface area (Å²) in [5.74, 6) is -0.331. The summed E-state index contributed by atoms with van der Waals surface area (Å²) >= 11 is 0. The van der Waals surface area contributed by atoms with Gasteiger partial charge in [0.2, 0.25) is 5.69 Å². The fourth-order valence-electron chi connectivity index (χ4n) is 8.63. The van der Waals surface area contributed by atoms with E-state index in [-0.39, 0.29) is 59.3 Å². The number of carbonyl (C=O) groups excluding carboxylic acids is 3. The van der Waals surface area contributed by atoms with Crippen molar-refractivity contribution in [1.82, 2.24) is 5.06 Å². The maximum Gasteiger partial charge on any atom is 1.00 e. The standard InChI is InChI=1S/C47H53N3O10S.Na/c1-31-30-46(2,3)49(21-22-58-24-23-57-6)39-29-41-36(28-35(31)39)33(25-40(59-41)32-13-9-7-10-14-32)26-42-47(4,5)37-27-34(61(54,55)56)16-17-38(37)48(42)20-12-8-11-15-45(53)60-50-43(51)18-19-44(50)52;/h7,9-10,13-14,16-17,25-30H,8,11-12,15,18-24H2,1-6H3;/q;+1. The van der Waals surface area contributed by atoms with Crippen molar-refractivity contribution in [1.29, 1.82) is 0 Å². The number of carbonyl (C=O) groups is 3. The van der Waals surface area contributed by atoms with Crippen molar-refractivity contribution in [2.75, 3.05) is 44.9 Å². The molecule has 0 atom stereocenters. The van der Waals surface area contributed by atoms with Crippen LogP contribution in [0.1, 0.15) is 95.4 Å². The number of imide groups is 1. The Morgan fingerprint density at radius 3 is 2.35 bits per heavy atom. The molecule has 0 unspecified atom stereocenters. The van der Waals surface area contributed by atoms with Crippen molar-refractivity contribution in [2.45, 2.75) is 89.0 Å². The molecule has 1 fully saturated rings. The van der Waals surface area contributed by atoms with Crippen LogP contribution in [-0.4, -0.2) is 91.7 Å². The number of amides is 2. The molecule has 0 N–H and O–H groups in total. The number of allylic oxidation sites excluding steroid dienone is 4. The number of ether oxygens (including phenoxy) is 3. The van der Waals surface area contributed by atoms with Gasteiger partial charge in [-0.1, -0.05) is 36.4 Å². The molecule has 0 radical (unpaired) electrons. The molecule has 1 saturated heterocycles. The molecular formula is C47H53N3NaO10S+. The molecule has 13 nitrogen and oxygen atoms in total. The molecule has 15 heteroatoms. The summed E-state index contributed by atoms with van der Waals surface area (Å²) in [5, 5.41) is 0.563. The molecule has 0 bridgehead atoms. The summed E-state index contributed by atoms with van der Waals surface area (Å²) in [5.41, 5.74) is 7.24. The summed E-state index contributed by atoms with van der Waals surface area (Å²) in [6.45, 7) is 13.2. The Morgan fingerprint density at radius 1 is 0.935 bits per heavy atom. The molecule has 62 heavy (non-hydrogen) atoms. The van der Waals surface area contributed by atoms with Crippen LogP contribution in [0.15, 0.2) is 83.8 Å². The van der Waals surface area contributed by atoms with Crippen molar-refractivity contribution in [3.05, 3.63) is 101 Å². The molecule has 0 spiro atoms. The predicted molar refractivity (Wildman–Crippen MR) is 230 cm³/mol. The van der Waals surface area contributed by atoms with Crippen LogP contribution in [0.2, 0.25) is 0 Å². The van der Waals surface area contributed by atoms with Crippen LogP contribution < -0.4 is 39.2 Å². The Bertz CT molecular complexity index is 2480. The van der Waals surface area contributed by atoms with Crippen molar-refractivity contribution < 1.29 is 80.5 Å². The minimum atomic E-state index is -4.73. The molecule has 3 aromatic carbocycles. The number of rotatable bonds is 16. The average Bonchev–Trinajstić information content (AvgIpc) is 3.63. The smallest absolute Gasteiger partial charge is 0.744 e. The summed E-state index contributed by atoms with van der Waals surface area (Å²) in [7, 11) is -3.08. The maximum absolute atomic E-state index is 12.5. The third kappa shape index (κ3) is 9.86. The Kier molecular flexibility index (Phi) is 14.5. The zero-order valence-corrected chi connectivity index (χ0v) is 39.4. The minimum absolute atomic E-state index is 0. The van der Waals surface area contributed by atoms with Crippen molar-refractivity contribution in [3.8, 4) is 5.75 Å². The van der Waals surface area contributed by atoms with Gasteiger partial charge in [-0.25, -0.2) is 13.2 Å². The van der Waals surface area contributed by atoms with E-state index in [2.05, 4.69) is 54.5 Å². The van der Waals surface area contributed by atoms with E-state index in [1.807, 2.05) is 50.3 Å². The number of hydrogen-bond donors (Lipinski definition) is 0. The van der Waals surface area contributed by atoms with E-state index in [0.717, 1.165) is 44.9 Å². The van der Waals surface area contributed by atoms with Gasteiger partial charge in [0.05, 0.1) is 35.7 Å². The van der Waals surface area contributed by atoms with Gasteiger partial charge in [0.25, 0.3) is 11.8 Å². The van der Waals surface area contributed by atoms with E-state index >= 15 is 0 Å². The molecule has 4 aliphatic heterocycles. The first kappa shape index (κ1) is 47.1. The zero-order chi connectivity index (χ0) is 43.7. The van der Waals surface area contributed by atoms with E-state index in [9.17, 15) is 27.4 Å². The molecule has 7 rings (SSSR count). The number of nitrogens with zero attached hydrogens (tertiary/aromatic N) is 3. The second-order valence-corrected chi connectivity index (χ2v) is 18.2. The van der Waals surface area contributed by atoms with E-state index in [1.54, 1.807) is 13.2 Å². The molecule has 322 valence electrons. The maximum atomic E-state index is 12.5. The van der Waals surface area contributed by atoms with Gasteiger partial charge in [-0.15, -0.1) is 5.06 Å². The zero-order valence-electron chi connectivity index (χ0n) is 36.6. The van der Waals surface area contributed by atoms with Crippen LogP contribution >= 0.6 is 0 Å². The predicted octanol–water partition coefficient (Wildman–Crippen LogP) is 4.32. The van der Waals surface area contributed by atoms with E-state index in [4.69, 9.17) is 19.0 Å². The Labute approximate surface area is 386 Å². The van der Waals surface area contributed by atoms with Gasteiger partial charge in [0.1, 0.15) is 28.2 Å². The van der Waals surface area contributed by atoms with E-state index in [0.29, 0.717) is 74.3 Å². The fraction of sp³-hybridized carbons (Fsp3) is 0.404. The molecule has 4 aliphatic rings. The van der Waals surface area contributed by atoms with Crippen molar-refractivity contribution in [2.24, 2.45) is 0 Å². The molecule has 3 aromatic rings. The first-order valence-electron chi connectivity index (χ1n) is 20.7. The van der Waals surface area contributed by atoms with Crippen molar-refractivity contribution >= 4 is 61.9 Å². The third-order valence-corrected chi connectivity index (χ3v) is 12.6. The number of hydrogen-bond acceptors (Lipinski definition) is 11. The van der Waals surface area contributed by atoms with Gasteiger partial charge in [-0.2, -0.15) is 4.58 Å². The van der Waals surface area contributed by atoms with Gasteiger partial charge in [0, 0.05) is 85.5 Å². The number of fused-ring (bicyclic) bond motifs is 3. The fourth-order valence-corrected chi connectivity index (χ4v) is 9.13. The number of methoxy groups -OCH3 is 1. The Balaban J connectivity index is 0.00000641. The van der Waals surface area contributed by atoms with Crippen LogP contribution in [0.3, 0.4) is 0 Å². The summed E-state index contributed by atoms with van der Waals surface area (Å²) < 4.78 is 56.9. The Morgan fingerprint density at radius 2 is 1.66 bits per heavy atom. The number of benzene rings is 3. The van der Waals surface area contributed by atoms with Gasteiger partial charge in [0.15, 0.2) is 5.71 Å². The second kappa shape index (κ2) is 19.1. The van der Waals surface area contributed by atoms with Gasteiger partial charge in [-0.3, -0.25) is 9.59 Å². The topological polar surface area (TPSA) is 155 Å². The quantitative estimate of drug-likeness (QED) is 0.0665. The van der Waals surface area contributed by atoms with Gasteiger partial charge in [-0.05, 0) is 82.9 Å². The van der Waals surface area contributed by atoms with E-state index < -0.39 is 33.3 Å². The Hall–Kier alpha value is -4.41. The SMILES string of the molecule is COCCOCCN1c2cc3c(cc2C(C)=CC1(C)C)C(=CC1=[N+](CCCCCC(=O)ON2C(=O)CCC2=O)c2ccc(S(=O)(=O)[O-])cc2C1(C)C)C=C(c1ccccc1)O3.[Na+]. The first-order chi connectivity index (χ1) is 29.0. The summed E-state index contributed by atoms with van der Waals surface area (Å²) in [6.07, 6.45) is 8.26. The van der Waals surface area contributed by atoms with Crippen LogP contribution in [0.4, 0.5) is 11.4 Å². The molecule has 0 aromatic heterocycles. The number of unbranched alkanes of at least 4 members (excludes halogenated alkanes) is 2. The summed E-state index contributed by atoms with van der Waals surface area (Å²) in [6, 6.07) is 18.7. The number of hydroxylamine groups is 2. The van der Waals surface area contributed by atoms with Gasteiger partial charge < -0.3 is 28.5 Å².